The van der Waals surface area contributed by atoms with Crippen LogP contribution in [0.1, 0.15) is 33.1 Å². The van der Waals surface area contributed by atoms with E-state index in [4.69, 9.17) is 10.5 Å². The van der Waals surface area contributed by atoms with E-state index < -0.39 is 0 Å². The molecule has 2 aliphatic rings. The van der Waals surface area contributed by atoms with Crippen molar-refractivity contribution in [1.82, 2.24) is 0 Å². The fraction of sp³-hybridized carbons (Fsp3) is 1.00. The van der Waals surface area contributed by atoms with Crippen LogP contribution in [0.4, 0.5) is 0 Å². The van der Waals surface area contributed by atoms with Crippen LogP contribution in [0.2, 0.25) is 0 Å². The van der Waals surface area contributed by atoms with Crippen molar-refractivity contribution in [1.29, 1.82) is 0 Å². The fourth-order valence-corrected chi connectivity index (χ4v) is 2.74. The van der Waals surface area contributed by atoms with Crippen molar-refractivity contribution in [3.8, 4) is 0 Å². The molecular formula is C10H19NO. The molecule has 1 spiro atoms. The van der Waals surface area contributed by atoms with Crippen LogP contribution >= 0.6 is 0 Å². The van der Waals surface area contributed by atoms with Crippen molar-refractivity contribution in [2.24, 2.45) is 17.6 Å². The smallest absolute Gasteiger partial charge is 0.0727 e. The van der Waals surface area contributed by atoms with Gasteiger partial charge in [-0.15, -0.1) is 0 Å². The first-order valence-corrected chi connectivity index (χ1v) is 5.03. The second-order valence-electron chi connectivity index (χ2n) is 4.64. The maximum absolute atomic E-state index is 5.95. The summed E-state index contributed by atoms with van der Waals surface area (Å²) in [6.07, 6.45) is 3.35. The summed E-state index contributed by atoms with van der Waals surface area (Å²) in [6.45, 7) is 5.48. The Morgan fingerprint density at radius 1 is 1.33 bits per heavy atom. The molecule has 2 N–H and O–H groups in total. The van der Waals surface area contributed by atoms with E-state index in [1.54, 1.807) is 0 Å². The van der Waals surface area contributed by atoms with Crippen LogP contribution in [0.25, 0.3) is 0 Å². The Hall–Kier alpha value is -0.0800. The van der Waals surface area contributed by atoms with Gasteiger partial charge in [0.2, 0.25) is 0 Å². The summed E-state index contributed by atoms with van der Waals surface area (Å²) < 4.78 is 5.87. The molecule has 2 heteroatoms. The average Bonchev–Trinajstić information content (AvgIpc) is 2.04. The van der Waals surface area contributed by atoms with Gasteiger partial charge in [-0.1, -0.05) is 13.8 Å². The molecule has 2 rings (SSSR count). The van der Waals surface area contributed by atoms with Crippen LogP contribution in [0, 0.1) is 11.8 Å². The lowest BCUT2D eigenvalue weighted by molar-refractivity contribution is -0.194. The van der Waals surface area contributed by atoms with Crippen molar-refractivity contribution >= 4 is 0 Å². The Morgan fingerprint density at radius 3 is 2.58 bits per heavy atom. The number of hydrogen-bond donors (Lipinski definition) is 1. The van der Waals surface area contributed by atoms with Gasteiger partial charge in [0, 0.05) is 12.6 Å². The van der Waals surface area contributed by atoms with Crippen molar-refractivity contribution in [3.63, 3.8) is 0 Å². The molecule has 12 heavy (non-hydrogen) atoms. The van der Waals surface area contributed by atoms with Gasteiger partial charge in [0.05, 0.1) is 5.60 Å². The molecule has 0 aromatic heterocycles. The Morgan fingerprint density at radius 2 is 2.08 bits per heavy atom. The van der Waals surface area contributed by atoms with E-state index in [0.29, 0.717) is 12.0 Å². The highest BCUT2D eigenvalue weighted by molar-refractivity contribution is 5.03. The molecule has 1 saturated heterocycles. The molecule has 0 radical (unpaired) electrons. The molecule has 0 amide bonds. The van der Waals surface area contributed by atoms with Crippen molar-refractivity contribution < 1.29 is 4.74 Å². The van der Waals surface area contributed by atoms with Crippen LogP contribution in [0.5, 0.6) is 0 Å². The van der Waals surface area contributed by atoms with Crippen LogP contribution in [-0.2, 0) is 4.74 Å². The summed E-state index contributed by atoms with van der Waals surface area (Å²) in [6, 6.07) is 0.383. The van der Waals surface area contributed by atoms with Crippen molar-refractivity contribution in [3.05, 3.63) is 0 Å². The van der Waals surface area contributed by atoms with E-state index in [1.165, 1.54) is 6.42 Å². The average molecular weight is 169 g/mol. The van der Waals surface area contributed by atoms with Gasteiger partial charge < -0.3 is 10.5 Å². The number of rotatable bonds is 0. The molecule has 4 unspecified atom stereocenters. The maximum atomic E-state index is 5.95. The van der Waals surface area contributed by atoms with E-state index in [-0.39, 0.29) is 5.60 Å². The Bertz CT molecular complexity index is 179. The molecular weight excluding hydrogens is 150 g/mol. The lowest BCUT2D eigenvalue weighted by Crippen LogP contribution is -2.58. The lowest BCUT2D eigenvalue weighted by atomic mass is 9.60. The first-order valence-electron chi connectivity index (χ1n) is 5.03. The highest BCUT2D eigenvalue weighted by Gasteiger charge is 2.52. The van der Waals surface area contributed by atoms with E-state index >= 15 is 0 Å². The predicted octanol–water partition coefficient (Wildman–Crippen LogP) is 1.54. The van der Waals surface area contributed by atoms with Crippen molar-refractivity contribution in [2.75, 3.05) is 6.61 Å². The molecule has 0 aromatic carbocycles. The van der Waals surface area contributed by atoms with Gasteiger partial charge >= 0.3 is 0 Å². The molecule has 1 aliphatic heterocycles. The van der Waals surface area contributed by atoms with E-state index in [2.05, 4.69) is 13.8 Å². The third-order valence-electron chi connectivity index (χ3n) is 3.84. The Labute approximate surface area is 74.5 Å². The van der Waals surface area contributed by atoms with E-state index in [1.807, 2.05) is 0 Å². The van der Waals surface area contributed by atoms with Gasteiger partial charge in [-0.3, -0.25) is 0 Å². The van der Waals surface area contributed by atoms with Crippen LogP contribution in [-0.4, -0.2) is 18.2 Å². The van der Waals surface area contributed by atoms with Crippen molar-refractivity contribution in [2.45, 2.75) is 44.8 Å². The van der Waals surface area contributed by atoms with Gasteiger partial charge in [-0.2, -0.15) is 0 Å². The second kappa shape index (κ2) is 2.71. The van der Waals surface area contributed by atoms with Crippen LogP contribution < -0.4 is 5.73 Å². The summed E-state index contributed by atoms with van der Waals surface area (Å²) in [5, 5.41) is 0. The maximum Gasteiger partial charge on any atom is 0.0727 e. The Balaban J connectivity index is 2.02. The topological polar surface area (TPSA) is 35.2 Å². The van der Waals surface area contributed by atoms with Gasteiger partial charge in [-0.05, 0) is 31.1 Å². The van der Waals surface area contributed by atoms with Gasteiger partial charge in [0.15, 0.2) is 0 Å². The molecule has 0 aromatic rings. The zero-order chi connectivity index (χ0) is 8.77. The SMILES string of the molecule is CC1CC2(CC(N)CCO2)C1C. The minimum atomic E-state index is 0.178. The summed E-state index contributed by atoms with van der Waals surface area (Å²) >= 11 is 0. The standard InChI is InChI=1S/C10H19NO/c1-7-5-10(8(7)2)6-9(11)3-4-12-10/h7-9H,3-6,11H2,1-2H3. The zero-order valence-corrected chi connectivity index (χ0v) is 8.05. The molecule has 1 heterocycles. The largest absolute Gasteiger partial charge is 0.375 e. The number of ether oxygens (including phenoxy) is 1. The summed E-state index contributed by atoms with van der Waals surface area (Å²) in [7, 11) is 0. The normalized spacial score (nSPS) is 53.8. The third kappa shape index (κ3) is 1.09. The fourth-order valence-electron chi connectivity index (χ4n) is 2.74. The molecule has 1 saturated carbocycles. The molecule has 1 aliphatic carbocycles. The summed E-state index contributed by atoms with van der Waals surface area (Å²) in [4.78, 5) is 0. The monoisotopic (exact) mass is 169 g/mol. The van der Waals surface area contributed by atoms with Crippen LogP contribution in [0.3, 0.4) is 0 Å². The van der Waals surface area contributed by atoms with E-state index in [0.717, 1.165) is 25.4 Å². The molecule has 0 bridgehead atoms. The van der Waals surface area contributed by atoms with Gasteiger partial charge in [-0.25, -0.2) is 0 Å². The first kappa shape index (κ1) is 8.52. The third-order valence-corrected chi connectivity index (χ3v) is 3.84. The first-order chi connectivity index (χ1) is 5.64. The van der Waals surface area contributed by atoms with Crippen LogP contribution in [0.15, 0.2) is 0 Å². The summed E-state index contributed by atoms with van der Waals surface area (Å²) in [5.74, 6) is 1.54. The quantitative estimate of drug-likeness (QED) is 0.597. The molecule has 2 nitrogen and oxygen atoms in total. The van der Waals surface area contributed by atoms with Gasteiger partial charge in [0.1, 0.15) is 0 Å². The zero-order valence-electron chi connectivity index (χ0n) is 8.05. The van der Waals surface area contributed by atoms with E-state index in [9.17, 15) is 0 Å². The lowest BCUT2D eigenvalue weighted by Gasteiger charge is -2.55. The predicted molar refractivity (Wildman–Crippen MR) is 48.8 cm³/mol. The highest BCUT2D eigenvalue weighted by Crippen LogP contribution is 2.50. The summed E-state index contributed by atoms with van der Waals surface area (Å²) in [5.41, 5.74) is 6.13. The minimum Gasteiger partial charge on any atom is -0.375 e. The second-order valence-corrected chi connectivity index (χ2v) is 4.64. The highest BCUT2D eigenvalue weighted by atomic mass is 16.5. The minimum absolute atomic E-state index is 0.178. The number of nitrogens with two attached hydrogens (primary N) is 1. The molecule has 2 fully saturated rings. The molecule has 70 valence electrons. The number of hydrogen-bond acceptors (Lipinski definition) is 2. The van der Waals surface area contributed by atoms with Gasteiger partial charge in [0.25, 0.3) is 0 Å². The molecule has 4 atom stereocenters. The Kier molecular flexibility index (Phi) is 1.92.